The first-order valence-corrected chi connectivity index (χ1v) is 6.90. The van der Waals surface area contributed by atoms with Crippen molar-refractivity contribution in [2.24, 2.45) is 5.92 Å². The van der Waals surface area contributed by atoms with Crippen LogP contribution in [0.5, 0.6) is 5.88 Å². The van der Waals surface area contributed by atoms with Crippen LogP contribution in [0.15, 0.2) is 30.7 Å². The lowest BCUT2D eigenvalue weighted by molar-refractivity contribution is 0.288. The number of hydrogen-bond donors (Lipinski definition) is 1. The molecule has 104 valence electrons. The van der Waals surface area contributed by atoms with Gasteiger partial charge >= 0.3 is 0 Å². The van der Waals surface area contributed by atoms with E-state index in [-0.39, 0.29) is 0 Å². The van der Waals surface area contributed by atoms with Gasteiger partial charge in [0.05, 0.1) is 6.61 Å². The largest absolute Gasteiger partial charge is 0.477 e. The normalized spacial score (nSPS) is 14.1. The van der Waals surface area contributed by atoms with Crippen LogP contribution in [0.1, 0.15) is 24.1 Å². The maximum absolute atomic E-state index is 5.61. The van der Waals surface area contributed by atoms with Crippen molar-refractivity contribution in [1.82, 2.24) is 15.0 Å². The number of rotatable bonds is 6. The second-order valence-corrected chi connectivity index (χ2v) is 5.16. The fourth-order valence-electron chi connectivity index (χ4n) is 1.83. The van der Waals surface area contributed by atoms with E-state index in [1.807, 2.05) is 31.3 Å². The Morgan fingerprint density at radius 1 is 1.25 bits per heavy atom. The van der Waals surface area contributed by atoms with Crippen LogP contribution in [0.4, 0.5) is 5.82 Å². The lowest BCUT2D eigenvalue weighted by atomic mass is 10.3. The summed E-state index contributed by atoms with van der Waals surface area (Å²) in [6.07, 6.45) is 5.98. The van der Waals surface area contributed by atoms with Gasteiger partial charge in [-0.15, -0.1) is 0 Å². The molecular formula is C15H18N4O. The summed E-state index contributed by atoms with van der Waals surface area (Å²) in [6.45, 7) is 3.43. The number of pyridine rings is 1. The van der Waals surface area contributed by atoms with Gasteiger partial charge in [0, 0.05) is 30.6 Å². The molecule has 0 radical (unpaired) electrons. The highest BCUT2D eigenvalue weighted by molar-refractivity contribution is 5.35. The number of aromatic nitrogens is 3. The van der Waals surface area contributed by atoms with Gasteiger partial charge in [-0.2, -0.15) is 0 Å². The molecule has 1 saturated carbocycles. The molecule has 5 nitrogen and oxygen atoms in total. The Morgan fingerprint density at radius 2 is 2.15 bits per heavy atom. The fraction of sp³-hybridized carbons (Fsp3) is 0.400. The van der Waals surface area contributed by atoms with Gasteiger partial charge in [-0.1, -0.05) is 6.07 Å². The Bertz CT molecular complexity index is 566. The molecule has 0 atom stereocenters. The van der Waals surface area contributed by atoms with E-state index in [0.717, 1.165) is 29.6 Å². The smallest absolute Gasteiger partial charge is 0.213 e. The molecule has 20 heavy (non-hydrogen) atoms. The monoisotopic (exact) mass is 270 g/mol. The zero-order chi connectivity index (χ0) is 13.8. The molecule has 1 aliphatic carbocycles. The Labute approximate surface area is 118 Å². The van der Waals surface area contributed by atoms with Gasteiger partial charge in [0.2, 0.25) is 5.88 Å². The van der Waals surface area contributed by atoms with Crippen molar-refractivity contribution in [2.45, 2.75) is 26.3 Å². The third kappa shape index (κ3) is 3.66. The quantitative estimate of drug-likeness (QED) is 0.874. The van der Waals surface area contributed by atoms with Crippen LogP contribution >= 0.6 is 0 Å². The van der Waals surface area contributed by atoms with Crippen LogP contribution < -0.4 is 10.1 Å². The summed E-state index contributed by atoms with van der Waals surface area (Å²) in [7, 11) is 0. The molecule has 0 aliphatic heterocycles. The SMILES string of the molecule is Cc1cc(NCc2ccc(OCC3CC3)nc2)ncn1. The molecule has 0 amide bonds. The zero-order valence-electron chi connectivity index (χ0n) is 11.5. The first kappa shape index (κ1) is 12.8. The Balaban J connectivity index is 1.52. The molecule has 1 fully saturated rings. The van der Waals surface area contributed by atoms with Crippen LogP contribution in [0.2, 0.25) is 0 Å². The molecule has 2 heterocycles. The van der Waals surface area contributed by atoms with Crippen molar-refractivity contribution in [3.63, 3.8) is 0 Å². The van der Waals surface area contributed by atoms with Gasteiger partial charge in [0.15, 0.2) is 0 Å². The van der Waals surface area contributed by atoms with E-state index >= 15 is 0 Å². The highest BCUT2D eigenvalue weighted by Crippen LogP contribution is 2.29. The Morgan fingerprint density at radius 3 is 2.85 bits per heavy atom. The number of hydrogen-bond acceptors (Lipinski definition) is 5. The van der Waals surface area contributed by atoms with E-state index in [4.69, 9.17) is 4.74 Å². The van der Waals surface area contributed by atoms with Crippen LogP contribution in [0.25, 0.3) is 0 Å². The van der Waals surface area contributed by atoms with Crippen molar-refractivity contribution in [3.8, 4) is 5.88 Å². The van der Waals surface area contributed by atoms with Gasteiger partial charge < -0.3 is 10.1 Å². The number of nitrogens with zero attached hydrogens (tertiary/aromatic N) is 3. The van der Waals surface area contributed by atoms with E-state index in [1.54, 1.807) is 6.33 Å². The number of ether oxygens (including phenoxy) is 1. The first-order chi connectivity index (χ1) is 9.79. The van der Waals surface area contributed by atoms with Crippen molar-refractivity contribution >= 4 is 5.82 Å². The maximum Gasteiger partial charge on any atom is 0.213 e. The number of nitrogens with one attached hydrogen (secondary N) is 1. The van der Waals surface area contributed by atoms with Crippen LogP contribution in [-0.4, -0.2) is 21.6 Å². The van der Waals surface area contributed by atoms with Crippen LogP contribution in [0, 0.1) is 12.8 Å². The minimum Gasteiger partial charge on any atom is -0.477 e. The van der Waals surface area contributed by atoms with Crippen molar-refractivity contribution in [2.75, 3.05) is 11.9 Å². The van der Waals surface area contributed by atoms with Crippen molar-refractivity contribution < 1.29 is 4.74 Å². The lowest BCUT2D eigenvalue weighted by Gasteiger charge is -2.07. The van der Waals surface area contributed by atoms with Gasteiger partial charge in [-0.25, -0.2) is 15.0 Å². The zero-order valence-corrected chi connectivity index (χ0v) is 11.5. The van der Waals surface area contributed by atoms with E-state index in [0.29, 0.717) is 12.4 Å². The minimum atomic E-state index is 0.687. The van der Waals surface area contributed by atoms with E-state index in [9.17, 15) is 0 Å². The summed E-state index contributed by atoms with van der Waals surface area (Å²) in [6, 6.07) is 5.86. The molecule has 0 bridgehead atoms. The molecule has 0 unspecified atom stereocenters. The van der Waals surface area contributed by atoms with E-state index in [1.165, 1.54) is 12.8 Å². The molecule has 1 aliphatic rings. The van der Waals surface area contributed by atoms with Gasteiger partial charge in [0.1, 0.15) is 12.1 Å². The average Bonchev–Trinajstić information content (AvgIpc) is 3.28. The third-order valence-electron chi connectivity index (χ3n) is 3.24. The Hall–Kier alpha value is -2.17. The molecule has 5 heteroatoms. The van der Waals surface area contributed by atoms with Crippen molar-refractivity contribution in [3.05, 3.63) is 42.0 Å². The molecule has 1 N–H and O–H groups in total. The highest BCUT2D eigenvalue weighted by atomic mass is 16.5. The second-order valence-electron chi connectivity index (χ2n) is 5.16. The molecule has 0 spiro atoms. The summed E-state index contributed by atoms with van der Waals surface area (Å²) in [5.74, 6) is 2.28. The lowest BCUT2D eigenvalue weighted by Crippen LogP contribution is -2.04. The number of aryl methyl sites for hydroxylation is 1. The topological polar surface area (TPSA) is 59.9 Å². The summed E-state index contributed by atoms with van der Waals surface area (Å²) >= 11 is 0. The van der Waals surface area contributed by atoms with Gasteiger partial charge in [-0.05, 0) is 31.2 Å². The molecular weight excluding hydrogens is 252 g/mol. The summed E-state index contributed by atoms with van der Waals surface area (Å²) < 4.78 is 5.61. The highest BCUT2D eigenvalue weighted by Gasteiger charge is 2.21. The molecule has 2 aromatic rings. The standard InChI is InChI=1S/C15H18N4O/c1-11-6-14(19-10-18-11)16-7-13-4-5-15(17-8-13)20-9-12-2-3-12/h4-6,8,10,12H,2-3,7,9H2,1H3,(H,16,18,19). The second kappa shape index (κ2) is 5.86. The molecule has 0 saturated heterocycles. The summed E-state index contributed by atoms with van der Waals surface area (Å²) in [4.78, 5) is 12.5. The first-order valence-electron chi connectivity index (χ1n) is 6.90. The van der Waals surface area contributed by atoms with Gasteiger partial charge in [-0.3, -0.25) is 0 Å². The maximum atomic E-state index is 5.61. The number of anilines is 1. The van der Waals surface area contributed by atoms with E-state index in [2.05, 4.69) is 20.3 Å². The summed E-state index contributed by atoms with van der Waals surface area (Å²) in [5.41, 5.74) is 2.05. The van der Waals surface area contributed by atoms with E-state index < -0.39 is 0 Å². The minimum absolute atomic E-state index is 0.687. The molecule has 2 aromatic heterocycles. The van der Waals surface area contributed by atoms with Crippen LogP contribution in [-0.2, 0) is 6.54 Å². The predicted molar refractivity (Wildman–Crippen MR) is 76.6 cm³/mol. The molecule has 0 aromatic carbocycles. The van der Waals surface area contributed by atoms with Crippen LogP contribution in [0.3, 0.4) is 0 Å². The Kier molecular flexibility index (Phi) is 3.76. The molecule has 3 rings (SSSR count). The van der Waals surface area contributed by atoms with Crippen molar-refractivity contribution in [1.29, 1.82) is 0 Å². The fourth-order valence-corrected chi connectivity index (χ4v) is 1.83. The third-order valence-corrected chi connectivity index (χ3v) is 3.24. The van der Waals surface area contributed by atoms with Gasteiger partial charge in [0.25, 0.3) is 0 Å². The summed E-state index contributed by atoms with van der Waals surface area (Å²) in [5, 5.41) is 3.25. The predicted octanol–water partition coefficient (Wildman–Crippen LogP) is 2.58. The average molecular weight is 270 g/mol.